The van der Waals surface area contributed by atoms with Crippen LogP contribution in [-0.4, -0.2) is 69.3 Å². The molecule has 9 nitrogen and oxygen atoms in total. The number of hydrogen-bond donors (Lipinski definition) is 0. The molecule has 41 heavy (non-hydrogen) atoms. The van der Waals surface area contributed by atoms with E-state index >= 15 is 4.39 Å². The summed E-state index contributed by atoms with van der Waals surface area (Å²) in [5, 5.41) is 0. The molecule has 4 rings (SSSR count). The Kier molecular flexibility index (Phi) is 9.78. The number of rotatable bonds is 11. The monoisotopic (exact) mass is 599 g/mol. The van der Waals surface area contributed by atoms with Crippen molar-refractivity contribution in [3.05, 3.63) is 47.5 Å². The summed E-state index contributed by atoms with van der Waals surface area (Å²) in [4.78, 5) is 7.19. The summed E-state index contributed by atoms with van der Waals surface area (Å²) < 4.78 is 84.6. The molecular weight excluding hydrogens is 561 g/mol. The van der Waals surface area contributed by atoms with Crippen LogP contribution in [-0.2, 0) is 33.9 Å². The molecule has 2 aliphatic heterocycles. The molecule has 226 valence electrons. The van der Waals surface area contributed by atoms with E-state index in [1.165, 1.54) is 4.90 Å². The number of anilines is 2. The van der Waals surface area contributed by atoms with Gasteiger partial charge >= 0.3 is 14.9 Å². The van der Waals surface area contributed by atoms with Crippen LogP contribution in [0, 0.1) is 17.6 Å². The first-order valence-corrected chi connectivity index (χ1v) is 15.3. The third-order valence-electron chi connectivity index (χ3n) is 7.62. The van der Waals surface area contributed by atoms with E-state index < -0.39 is 55.1 Å². The Balaban J connectivity index is 1.37. The molecule has 1 aromatic heterocycles. The largest absolute Gasteiger partial charge is 0.494 e. The normalized spacial score (nSPS) is 18.8. The van der Waals surface area contributed by atoms with E-state index in [1.54, 1.807) is 13.8 Å². The van der Waals surface area contributed by atoms with Crippen molar-refractivity contribution in [1.29, 1.82) is 0 Å². The maximum atomic E-state index is 15.1. The number of phosphoric acid groups is 1. The van der Waals surface area contributed by atoms with Gasteiger partial charge in [-0.3, -0.25) is 13.6 Å². The van der Waals surface area contributed by atoms with Gasteiger partial charge in [-0.25, -0.2) is 18.3 Å². The molecule has 2 aromatic rings. The molecule has 0 amide bonds. The maximum absolute atomic E-state index is 15.1. The van der Waals surface area contributed by atoms with E-state index in [0.29, 0.717) is 13.1 Å². The highest BCUT2D eigenvalue weighted by Gasteiger charge is 2.51. The highest BCUT2D eigenvalue weighted by molar-refractivity contribution is 7.48. The smallest absolute Gasteiger partial charge is 0.399 e. The second-order valence-electron chi connectivity index (χ2n) is 10.8. The zero-order chi connectivity index (χ0) is 30.0. The lowest BCUT2D eigenvalue weighted by Crippen LogP contribution is -2.47. The van der Waals surface area contributed by atoms with Gasteiger partial charge < -0.3 is 19.1 Å². The lowest BCUT2D eigenvalue weighted by Gasteiger charge is -2.37. The fraction of sp³-hybridized carbons (Fsp3) is 0.593. The van der Waals surface area contributed by atoms with Crippen LogP contribution in [0.1, 0.15) is 47.2 Å². The summed E-state index contributed by atoms with van der Waals surface area (Å²) in [7, 11) is -4.31. The van der Waals surface area contributed by atoms with Crippen LogP contribution in [0.25, 0.3) is 0 Å². The fourth-order valence-corrected chi connectivity index (χ4v) is 5.84. The predicted molar refractivity (Wildman–Crippen MR) is 151 cm³/mol. The van der Waals surface area contributed by atoms with Crippen molar-refractivity contribution in [3.63, 3.8) is 0 Å². The lowest BCUT2D eigenvalue weighted by atomic mass is 9.79. The summed E-state index contributed by atoms with van der Waals surface area (Å²) in [6.07, 6.45) is -0.320. The number of hydrogen-bond acceptors (Lipinski definition) is 9. The SMILES string of the molecule is CCOP(=O)(OCC)OCCc1nc(F)c(N2CCN(c3ccc(B4OC(C)(C)C(C)(C)O4)cc3)CC2)c(F)c1F. The van der Waals surface area contributed by atoms with Gasteiger partial charge in [0.2, 0.25) is 5.95 Å². The molecule has 3 heterocycles. The Labute approximate surface area is 240 Å². The summed E-state index contributed by atoms with van der Waals surface area (Å²) in [6.45, 7) is 12.5. The Morgan fingerprint density at radius 1 is 0.878 bits per heavy atom. The molecule has 0 spiro atoms. The predicted octanol–water partition coefficient (Wildman–Crippen LogP) is 4.86. The average molecular weight is 599 g/mol. The number of benzene rings is 1. The first-order chi connectivity index (χ1) is 19.3. The van der Waals surface area contributed by atoms with E-state index in [4.69, 9.17) is 22.9 Å². The van der Waals surface area contributed by atoms with E-state index in [-0.39, 0.29) is 39.3 Å². The quantitative estimate of drug-likeness (QED) is 0.204. The Bertz CT molecular complexity index is 1240. The summed E-state index contributed by atoms with van der Waals surface area (Å²) in [5.74, 6) is -3.70. The third kappa shape index (κ3) is 6.92. The van der Waals surface area contributed by atoms with Crippen LogP contribution in [0.3, 0.4) is 0 Å². The lowest BCUT2D eigenvalue weighted by molar-refractivity contribution is 0.00578. The van der Waals surface area contributed by atoms with Crippen LogP contribution in [0.15, 0.2) is 24.3 Å². The zero-order valence-electron chi connectivity index (χ0n) is 24.4. The minimum atomic E-state index is -3.84. The summed E-state index contributed by atoms with van der Waals surface area (Å²) >= 11 is 0. The van der Waals surface area contributed by atoms with Gasteiger partial charge in [-0.1, -0.05) is 12.1 Å². The van der Waals surface area contributed by atoms with E-state index in [1.807, 2.05) is 52.0 Å². The molecule has 0 atom stereocenters. The van der Waals surface area contributed by atoms with E-state index in [9.17, 15) is 13.3 Å². The highest BCUT2D eigenvalue weighted by atomic mass is 31.2. The molecular formula is C27H38BF3N3O6P. The first-order valence-electron chi connectivity index (χ1n) is 13.8. The number of pyridine rings is 1. The van der Waals surface area contributed by atoms with Gasteiger partial charge in [0.1, 0.15) is 5.69 Å². The zero-order valence-corrected chi connectivity index (χ0v) is 25.3. The molecule has 0 saturated carbocycles. The summed E-state index contributed by atoms with van der Waals surface area (Å²) in [6, 6.07) is 7.83. The fourth-order valence-electron chi connectivity index (χ4n) is 4.67. The maximum Gasteiger partial charge on any atom is 0.494 e. The average Bonchev–Trinajstić information content (AvgIpc) is 3.14. The number of nitrogens with zero attached hydrogens (tertiary/aromatic N) is 3. The van der Waals surface area contributed by atoms with Crippen molar-refractivity contribution < 1.29 is 40.6 Å². The van der Waals surface area contributed by atoms with Gasteiger partial charge in [-0.05, 0) is 59.1 Å². The molecule has 0 unspecified atom stereocenters. The second kappa shape index (κ2) is 12.6. The Morgan fingerprint density at radius 2 is 1.41 bits per heavy atom. The minimum Gasteiger partial charge on any atom is -0.399 e. The molecule has 14 heteroatoms. The Morgan fingerprint density at radius 3 is 1.95 bits per heavy atom. The molecule has 0 radical (unpaired) electrons. The standard InChI is InChI=1S/C27H38BF3N3O6P/c1-7-36-41(35,37-8-2)38-18-13-21-22(29)23(30)24(25(31)32-21)34-16-14-33(15-17-34)20-11-9-19(10-12-20)28-39-26(3,4)27(5,6)40-28/h9-12H,7-8,13-18H2,1-6H3. The third-order valence-corrected chi connectivity index (χ3v) is 9.27. The second-order valence-corrected chi connectivity index (χ2v) is 12.5. The van der Waals surface area contributed by atoms with Crippen LogP contribution < -0.4 is 15.3 Å². The first kappa shape index (κ1) is 31.8. The van der Waals surface area contributed by atoms with E-state index in [2.05, 4.69) is 9.88 Å². The number of halogens is 3. The Hall–Kier alpha value is -2.15. The van der Waals surface area contributed by atoms with Crippen molar-refractivity contribution in [2.24, 2.45) is 0 Å². The molecule has 0 bridgehead atoms. The van der Waals surface area contributed by atoms with Gasteiger partial charge in [0.25, 0.3) is 0 Å². The molecule has 2 saturated heterocycles. The van der Waals surface area contributed by atoms with Crippen molar-refractivity contribution in [2.45, 2.75) is 59.2 Å². The van der Waals surface area contributed by atoms with Gasteiger partial charge in [0.15, 0.2) is 11.6 Å². The van der Waals surface area contributed by atoms with Crippen LogP contribution >= 0.6 is 7.82 Å². The van der Waals surface area contributed by atoms with Gasteiger partial charge in [0, 0.05) is 38.3 Å². The van der Waals surface area contributed by atoms with Gasteiger partial charge in [-0.15, -0.1) is 0 Å². The van der Waals surface area contributed by atoms with E-state index in [0.717, 1.165) is 11.2 Å². The topological polar surface area (TPSA) is 82.6 Å². The molecule has 0 N–H and O–H groups in total. The van der Waals surface area contributed by atoms with Gasteiger partial charge in [-0.2, -0.15) is 4.39 Å². The molecule has 2 fully saturated rings. The van der Waals surface area contributed by atoms with Crippen LogP contribution in [0.4, 0.5) is 24.5 Å². The highest BCUT2D eigenvalue weighted by Crippen LogP contribution is 2.49. The van der Waals surface area contributed by atoms with Crippen LogP contribution in [0.2, 0.25) is 0 Å². The van der Waals surface area contributed by atoms with Crippen molar-refractivity contribution in [1.82, 2.24) is 4.98 Å². The number of piperazine rings is 1. The van der Waals surface area contributed by atoms with Crippen molar-refractivity contribution in [2.75, 3.05) is 55.8 Å². The minimum absolute atomic E-state index is 0.0712. The number of phosphoric ester groups is 1. The number of aromatic nitrogens is 1. The molecule has 0 aliphatic carbocycles. The molecule has 1 aromatic carbocycles. The van der Waals surface area contributed by atoms with Crippen molar-refractivity contribution >= 4 is 31.8 Å². The molecule has 2 aliphatic rings. The van der Waals surface area contributed by atoms with Crippen LogP contribution in [0.5, 0.6) is 0 Å². The summed E-state index contributed by atoms with van der Waals surface area (Å²) in [5.41, 5.74) is 0.00718. The van der Waals surface area contributed by atoms with Crippen molar-refractivity contribution in [3.8, 4) is 0 Å². The van der Waals surface area contributed by atoms with Gasteiger partial charge in [0.05, 0.1) is 36.7 Å².